The fraction of sp³-hybridized carbons (Fsp3) is 0.130. The number of carbonyl (C=O) groups is 1. The van der Waals surface area contributed by atoms with Gasteiger partial charge in [0.25, 0.3) is 11.5 Å². The molecule has 4 aromatic rings. The summed E-state index contributed by atoms with van der Waals surface area (Å²) in [6.07, 6.45) is 1.60. The number of hydrogen-bond acceptors (Lipinski definition) is 4. The van der Waals surface area contributed by atoms with Crippen molar-refractivity contribution in [1.29, 1.82) is 0 Å². The van der Waals surface area contributed by atoms with Gasteiger partial charge in [0.2, 0.25) is 0 Å². The molecule has 0 saturated heterocycles. The van der Waals surface area contributed by atoms with E-state index in [2.05, 4.69) is 5.32 Å². The summed E-state index contributed by atoms with van der Waals surface area (Å²) in [7, 11) is 1.56. The largest absolute Gasteiger partial charge is 0.497 e. The number of nitrogens with zero attached hydrogens (tertiary/aromatic N) is 1. The molecule has 0 aliphatic carbocycles. The van der Waals surface area contributed by atoms with Gasteiger partial charge in [0.15, 0.2) is 0 Å². The monoisotopic (exact) mass is 406 g/mol. The van der Waals surface area contributed by atoms with Crippen molar-refractivity contribution in [3.63, 3.8) is 0 Å². The second-order valence-electron chi connectivity index (χ2n) is 6.83. The number of pyridine rings is 1. The Hall–Kier alpha value is -3.87. The van der Waals surface area contributed by atoms with Crippen molar-refractivity contribution >= 4 is 22.6 Å². The van der Waals surface area contributed by atoms with Crippen LogP contribution in [-0.2, 0) is 6.54 Å². The predicted octanol–water partition coefficient (Wildman–Crippen LogP) is 4.35. The average molecular weight is 406 g/mol. The first-order valence-corrected chi connectivity index (χ1v) is 9.28. The van der Waals surface area contributed by atoms with E-state index in [1.807, 2.05) is 0 Å². The zero-order valence-electron chi connectivity index (χ0n) is 16.4. The van der Waals surface area contributed by atoms with Crippen LogP contribution in [0.2, 0.25) is 0 Å². The highest BCUT2D eigenvalue weighted by Gasteiger charge is 2.22. The topological polar surface area (TPSA) is 73.5 Å². The predicted molar refractivity (Wildman–Crippen MR) is 112 cm³/mol. The average Bonchev–Trinajstić information content (AvgIpc) is 3.09. The lowest BCUT2D eigenvalue weighted by Gasteiger charge is -2.08. The number of benzene rings is 2. The molecule has 0 spiro atoms. The fourth-order valence-corrected chi connectivity index (χ4v) is 3.32. The molecule has 0 aliphatic rings. The Kier molecular flexibility index (Phi) is 5.10. The van der Waals surface area contributed by atoms with Crippen LogP contribution >= 0.6 is 0 Å². The van der Waals surface area contributed by atoms with Crippen LogP contribution < -0.4 is 15.6 Å². The molecule has 7 heteroatoms. The van der Waals surface area contributed by atoms with Crippen LogP contribution in [-0.4, -0.2) is 17.6 Å². The summed E-state index contributed by atoms with van der Waals surface area (Å²) in [6.45, 7) is 1.89. The first-order valence-electron chi connectivity index (χ1n) is 9.28. The number of nitrogens with one attached hydrogen (secondary N) is 1. The highest BCUT2D eigenvalue weighted by molar-refractivity contribution is 6.13. The number of fused-ring (bicyclic) bond motifs is 1. The molecule has 0 radical (unpaired) electrons. The van der Waals surface area contributed by atoms with Gasteiger partial charge < -0.3 is 19.0 Å². The van der Waals surface area contributed by atoms with E-state index in [0.29, 0.717) is 22.8 Å². The summed E-state index contributed by atoms with van der Waals surface area (Å²) in [6, 6.07) is 14.4. The summed E-state index contributed by atoms with van der Waals surface area (Å²) in [5, 5.41) is 3.00. The SMILES string of the molecule is COc1ccc(NC(=O)c2c(C)oc3ccn(Cc4ccc(F)cc4)c(=O)c23)cc1. The van der Waals surface area contributed by atoms with Crippen molar-refractivity contribution in [3.05, 3.63) is 93.9 Å². The van der Waals surface area contributed by atoms with Crippen LogP contribution in [0.25, 0.3) is 11.0 Å². The zero-order chi connectivity index (χ0) is 21.3. The molecule has 1 N–H and O–H groups in total. The summed E-state index contributed by atoms with van der Waals surface area (Å²) < 4.78 is 25.4. The van der Waals surface area contributed by atoms with Gasteiger partial charge in [-0.25, -0.2) is 4.39 Å². The second-order valence-corrected chi connectivity index (χ2v) is 6.83. The van der Waals surface area contributed by atoms with Crippen molar-refractivity contribution in [1.82, 2.24) is 4.57 Å². The zero-order valence-corrected chi connectivity index (χ0v) is 16.4. The van der Waals surface area contributed by atoms with Crippen molar-refractivity contribution in [3.8, 4) is 5.75 Å². The van der Waals surface area contributed by atoms with Gasteiger partial charge in [0.1, 0.15) is 22.9 Å². The number of amides is 1. The van der Waals surface area contributed by atoms with E-state index in [-0.39, 0.29) is 28.9 Å². The Bertz CT molecular complexity index is 1270. The van der Waals surface area contributed by atoms with Gasteiger partial charge in [-0.3, -0.25) is 9.59 Å². The van der Waals surface area contributed by atoms with Gasteiger partial charge in [-0.15, -0.1) is 0 Å². The molecule has 2 aromatic carbocycles. The Balaban J connectivity index is 1.70. The van der Waals surface area contributed by atoms with E-state index in [4.69, 9.17) is 9.15 Å². The van der Waals surface area contributed by atoms with Crippen LogP contribution in [0.15, 0.2) is 70.0 Å². The third-order valence-electron chi connectivity index (χ3n) is 4.83. The van der Waals surface area contributed by atoms with Gasteiger partial charge in [-0.1, -0.05) is 12.1 Å². The normalized spacial score (nSPS) is 10.9. The quantitative estimate of drug-likeness (QED) is 0.535. The second kappa shape index (κ2) is 7.87. The number of rotatable bonds is 5. The number of carbonyl (C=O) groups excluding carboxylic acids is 1. The molecule has 0 unspecified atom stereocenters. The minimum absolute atomic E-state index is 0.194. The van der Waals surface area contributed by atoms with Gasteiger partial charge in [0.05, 0.1) is 24.6 Å². The number of aromatic nitrogens is 1. The molecule has 0 saturated carbocycles. The minimum Gasteiger partial charge on any atom is -0.497 e. The highest BCUT2D eigenvalue weighted by Crippen LogP contribution is 2.24. The molecule has 4 rings (SSSR count). The lowest BCUT2D eigenvalue weighted by molar-refractivity contribution is 0.102. The van der Waals surface area contributed by atoms with Crippen molar-refractivity contribution in [2.75, 3.05) is 12.4 Å². The molecule has 6 nitrogen and oxygen atoms in total. The van der Waals surface area contributed by atoms with Crippen LogP contribution in [0.5, 0.6) is 5.75 Å². The number of methoxy groups -OCH3 is 1. The maximum Gasteiger partial charge on any atom is 0.262 e. The van der Waals surface area contributed by atoms with E-state index >= 15 is 0 Å². The third-order valence-corrected chi connectivity index (χ3v) is 4.83. The third kappa shape index (κ3) is 3.69. The summed E-state index contributed by atoms with van der Waals surface area (Å²) in [4.78, 5) is 26.0. The number of hydrogen-bond donors (Lipinski definition) is 1. The summed E-state index contributed by atoms with van der Waals surface area (Å²) in [5.74, 6) is 0.242. The molecular formula is C23H19FN2O4. The van der Waals surface area contributed by atoms with Crippen LogP contribution in [0.3, 0.4) is 0 Å². The molecule has 2 aromatic heterocycles. The number of halogens is 1. The Morgan fingerprint density at radius 3 is 2.47 bits per heavy atom. The number of aryl methyl sites for hydroxylation is 1. The Morgan fingerprint density at radius 1 is 1.10 bits per heavy atom. The molecule has 1 amide bonds. The number of anilines is 1. The molecule has 0 atom stereocenters. The van der Waals surface area contributed by atoms with E-state index in [0.717, 1.165) is 5.56 Å². The van der Waals surface area contributed by atoms with Crippen molar-refractivity contribution < 1.29 is 18.3 Å². The first-order chi connectivity index (χ1) is 14.5. The lowest BCUT2D eigenvalue weighted by atomic mass is 10.1. The van der Waals surface area contributed by atoms with E-state index in [1.165, 1.54) is 16.7 Å². The highest BCUT2D eigenvalue weighted by atomic mass is 19.1. The molecule has 2 heterocycles. The molecule has 0 fully saturated rings. The maximum atomic E-state index is 13.1. The molecule has 0 aliphatic heterocycles. The van der Waals surface area contributed by atoms with Crippen LogP contribution in [0, 0.1) is 12.7 Å². The van der Waals surface area contributed by atoms with Gasteiger partial charge in [-0.05, 0) is 55.0 Å². The molecular weight excluding hydrogens is 387 g/mol. The van der Waals surface area contributed by atoms with Gasteiger partial charge in [-0.2, -0.15) is 0 Å². The Morgan fingerprint density at radius 2 is 1.80 bits per heavy atom. The van der Waals surface area contributed by atoms with Crippen molar-refractivity contribution in [2.45, 2.75) is 13.5 Å². The first kappa shape index (κ1) is 19.4. The molecule has 0 bridgehead atoms. The Labute approximate surface area is 171 Å². The van der Waals surface area contributed by atoms with E-state index in [1.54, 1.807) is 62.7 Å². The standard InChI is InChI=1S/C23H19FN2O4/c1-14-20(22(27)25-17-7-9-18(29-2)10-8-17)21-19(30-14)11-12-26(23(21)28)13-15-3-5-16(24)6-4-15/h3-12H,13H2,1-2H3,(H,25,27). The van der Waals surface area contributed by atoms with Gasteiger partial charge in [0, 0.05) is 11.9 Å². The summed E-state index contributed by atoms with van der Waals surface area (Å²) in [5.41, 5.74) is 1.51. The molecule has 30 heavy (non-hydrogen) atoms. The minimum atomic E-state index is -0.437. The summed E-state index contributed by atoms with van der Waals surface area (Å²) >= 11 is 0. The number of ether oxygens (including phenoxy) is 1. The van der Waals surface area contributed by atoms with E-state index < -0.39 is 5.91 Å². The maximum absolute atomic E-state index is 13.1. The number of furan rings is 1. The fourth-order valence-electron chi connectivity index (χ4n) is 3.32. The van der Waals surface area contributed by atoms with Crippen molar-refractivity contribution in [2.24, 2.45) is 0 Å². The van der Waals surface area contributed by atoms with Gasteiger partial charge >= 0.3 is 0 Å². The van der Waals surface area contributed by atoms with Crippen LogP contribution in [0.4, 0.5) is 10.1 Å². The smallest absolute Gasteiger partial charge is 0.262 e. The lowest BCUT2D eigenvalue weighted by Crippen LogP contribution is -2.22. The van der Waals surface area contributed by atoms with E-state index in [9.17, 15) is 14.0 Å². The molecule has 152 valence electrons. The van der Waals surface area contributed by atoms with Crippen LogP contribution in [0.1, 0.15) is 21.7 Å².